The maximum absolute atomic E-state index is 13.2. The summed E-state index contributed by atoms with van der Waals surface area (Å²) in [7, 11) is 0. The molecule has 2 heterocycles. The Kier molecular flexibility index (Phi) is 6.78. The van der Waals surface area contributed by atoms with Gasteiger partial charge in [0, 0.05) is 24.1 Å². The van der Waals surface area contributed by atoms with Gasteiger partial charge in [-0.3, -0.25) is 9.59 Å². The zero-order valence-corrected chi connectivity index (χ0v) is 18.1. The number of aromatic nitrogens is 3. The fraction of sp³-hybridized carbons (Fsp3) is 0.0909. The molecule has 0 unspecified atom stereocenters. The quantitative estimate of drug-likeness (QED) is 0.388. The van der Waals surface area contributed by atoms with Crippen LogP contribution in [0.2, 0.25) is 0 Å². The van der Waals surface area contributed by atoms with E-state index < -0.39 is 42.6 Å². The number of carbonyl (C=O) groups is 3. The first-order valence-electron chi connectivity index (χ1n) is 9.76. The van der Waals surface area contributed by atoms with Crippen LogP contribution in [0.1, 0.15) is 10.5 Å². The van der Waals surface area contributed by atoms with E-state index in [0.29, 0.717) is 5.01 Å². The van der Waals surface area contributed by atoms with Gasteiger partial charge < -0.3 is 15.4 Å². The monoisotopic (exact) mass is 483 g/mol. The molecule has 0 saturated heterocycles. The molecular weight excluding hydrogens is 468 g/mol. The van der Waals surface area contributed by atoms with E-state index in [1.54, 1.807) is 0 Å². The number of amides is 2. The van der Waals surface area contributed by atoms with Gasteiger partial charge in [-0.25, -0.2) is 28.5 Å². The molecule has 0 aliphatic heterocycles. The normalized spacial score (nSPS) is 10.6. The Morgan fingerprint density at radius 1 is 0.971 bits per heavy atom. The highest BCUT2D eigenvalue weighted by Gasteiger charge is 2.21. The van der Waals surface area contributed by atoms with Gasteiger partial charge in [0.15, 0.2) is 23.9 Å². The van der Waals surface area contributed by atoms with Crippen molar-refractivity contribution in [1.29, 1.82) is 0 Å². The maximum Gasteiger partial charge on any atom is 0.359 e. The Balaban J connectivity index is 1.32. The second kappa shape index (κ2) is 10.1. The summed E-state index contributed by atoms with van der Waals surface area (Å²) in [5.74, 6) is -4.49. The average Bonchev–Trinajstić information content (AvgIpc) is 3.28. The smallest absolute Gasteiger partial charge is 0.359 e. The Morgan fingerprint density at radius 3 is 2.56 bits per heavy atom. The zero-order chi connectivity index (χ0) is 24.1. The summed E-state index contributed by atoms with van der Waals surface area (Å²) in [5, 5.41) is 5.03. The molecule has 12 heteroatoms. The third kappa shape index (κ3) is 5.35. The van der Waals surface area contributed by atoms with Gasteiger partial charge in [0.2, 0.25) is 5.91 Å². The van der Waals surface area contributed by atoms with E-state index in [-0.39, 0.29) is 17.1 Å². The number of hydrogen-bond donors (Lipinski definition) is 2. The van der Waals surface area contributed by atoms with E-state index in [0.717, 1.165) is 22.3 Å². The van der Waals surface area contributed by atoms with Crippen LogP contribution in [0.5, 0.6) is 0 Å². The average molecular weight is 483 g/mol. The number of anilines is 1. The van der Waals surface area contributed by atoms with Gasteiger partial charge in [-0.1, -0.05) is 12.1 Å². The number of benzene rings is 2. The number of hydrogen-bond acceptors (Lipinski definition) is 8. The minimum atomic E-state index is -1.12. The number of thiazole rings is 1. The molecule has 0 saturated carbocycles. The number of nitrogens with one attached hydrogen (secondary N) is 2. The van der Waals surface area contributed by atoms with Crippen LogP contribution in [0.4, 0.5) is 14.5 Å². The van der Waals surface area contributed by atoms with Crippen molar-refractivity contribution in [3.63, 3.8) is 0 Å². The molecule has 0 aliphatic rings. The molecule has 172 valence electrons. The van der Waals surface area contributed by atoms with Gasteiger partial charge in [-0.05, 0) is 24.3 Å². The lowest BCUT2D eigenvalue weighted by Gasteiger charge is -2.08. The highest BCUT2D eigenvalue weighted by Crippen LogP contribution is 2.30. The van der Waals surface area contributed by atoms with Gasteiger partial charge in [0.05, 0.1) is 16.8 Å². The van der Waals surface area contributed by atoms with Crippen LogP contribution in [0.15, 0.2) is 54.9 Å². The van der Waals surface area contributed by atoms with Crippen LogP contribution in [-0.2, 0) is 14.3 Å². The molecule has 34 heavy (non-hydrogen) atoms. The standard InChI is InChI=1S/C22H15F2N5O4S/c23-13-6-5-12(9-14(13)24)28-17(30)10-27-18(31)11-33-22(32)20-19(25-7-8-26-20)21-29-15-3-1-2-4-16(15)34-21/h1-9H,10-11H2,(H,27,31)(H,28,30). The SMILES string of the molecule is O=C(COC(=O)c1nccnc1-c1nc2ccccc2s1)NCC(=O)Nc1ccc(F)c(F)c1. The van der Waals surface area contributed by atoms with Crippen molar-refractivity contribution in [2.45, 2.75) is 0 Å². The first kappa shape index (κ1) is 22.9. The van der Waals surface area contributed by atoms with Gasteiger partial charge >= 0.3 is 5.97 Å². The fourth-order valence-electron chi connectivity index (χ4n) is 2.83. The Hall–Kier alpha value is -4.32. The Labute approximate surface area is 194 Å². The summed E-state index contributed by atoms with van der Waals surface area (Å²) in [6, 6.07) is 10.3. The topological polar surface area (TPSA) is 123 Å². The summed E-state index contributed by atoms with van der Waals surface area (Å²) in [4.78, 5) is 49.0. The van der Waals surface area contributed by atoms with Crippen LogP contribution >= 0.6 is 11.3 Å². The number of ether oxygens (including phenoxy) is 1. The number of carbonyl (C=O) groups excluding carboxylic acids is 3. The molecule has 0 fully saturated rings. The number of halogens is 2. The predicted molar refractivity (Wildman–Crippen MR) is 119 cm³/mol. The van der Waals surface area contributed by atoms with Crippen molar-refractivity contribution in [3.8, 4) is 10.7 Å². The van der Waals surface area contributed by atoms with Crippen LogP contribution in [-0.4, -0.2) is 45.9 Å². The van der Waals surface area contributed by atoms with Crippen LogP contribution in [0.3, 0.4) is 0 Å². The summed E-state index contributed by atoms with van der Waals surface area (Å²) < 4.78 is 32.0. The molecule has 0 bridgehead atoms. The molecule has 0 atom stereocenters. The maximum atomic E-state index is 13.2. The minimum Gasteiger partial charge on any atom is -0.451 e. The summed E-state index contributed by atoms with van der Waals surface area (Å²) in [6.45, 7) is -1.15. The molecule has 2 N–H and O–H groups in total. The molecule has 0 spiro atoms. The molecule has 2 amide bonds. The Bertz CT molecular complexity index is 1360. The van der Waals surface area contributed by atoms with Crippen LogP contribution in [0, 0.1) is 11.6 Å². The van der Waals surface area contributed by atoms with Crippen LogP contribution < -0.4 is 10.6 Å². The summed E-state index contributed by atoms with van der Waals surface area (Å²) in [6.07, 6.45) is 2.73. The van der Waals surface area contributed by atoms with Crippen molar-refractivity contribution in [2.75, 3.05) is 18.5 Å². The third-order valence-corrected chi connectivity index (χ3v) is 5.41. The molecule has 0 radical (unpaired) electrons. The van der Waals surface area contributed by atoms with Crippen LogP contribution in [0.25, 0.3) is 20.9 Å². The molecule has 2 aromatic carbocycles. The second-order valence-electron chi connectivity index (χ2n) is 6.77. The van der Waals surface area contributed by atoms with E-state index in [2.05, 4.69) is 25.6 Å². The third-order valence-electron chi connectivity index (χ3n) is 4.37. The Morgan fingerprint density at radius 2 is 1.76 bits per heavy atom. The van der Waals surface area contributed by atoms with Gasteiger partial charge in [0.25, 0.3) is 5.91 Å². The van der Waals surface area contributed by atoms with E-state index in [1.165, 1.54) is 29.8 Å². The first-order chi connectivity index (χ1) is 16.4. The molecule has 0 aliphatic carbocycles. The highest BCUT2D eigenvalue weighted by atomic mass is 32.1. The lowest BCUT2D eigenvalue weighted by atomic mass is 10.3. The summed E-state index contributed by atoms with van der Waals surface area (Å²) >= 11 is 1.33. The molecular formula is C22H15F2N5O4S. The first-order valence-corrected chi connectivity index (χ1v) is 10.6. The van der Waals surface area contributed by atoms with Crippen molar-refractivity contribution >= 4 is 45.0 Å². The van der Waals surface area contributed by atoms with Crippen molar-refractivity contribution in [1.82, 2.24) is 20.3 Å². The lowest BCUT2D eigenvalue weighted by Crippen LogP contribution is -2.35. The van der Waals surface area contributed by atoms with Crippen molar-refractivity contribution < 1.29 is 27.9 Å². The molecule has 4 aromatic rings. The fourth-order valence-corrected chi connectivity index (χ4v) is 3.79. The number of esters is 1. The molecule has 4 rings (SSSR count). The number of nitrogens with zero attached hydrogens (tertiary/aromatic N) is 3. The van der Waals surface area contributed by atoms with Crippen molar-refractivity contribution in [2.24, 2.45) is 0 Å². The zero-order valence-electron chi connectivity index (χ0n) is 17.2. The van der Waals surface area contributed by atoms with E-state index in [4.69, 9.17) is 4.74 Å². The number of rotatable bonds is 7. The molecule has 2 aromatic heterocycles. The summed E-state index contributed by atoms with van der Waals surface area (Å²) in [5.41, 5.74) is 0.883. The van der Waals surface area contributed by atoms with E-state index >= 15 is 0 Å². The second-order valence-corrected chi connectivity index (χ2v) is 7.80. The van der Waals surface area contributed by atoms with Gasteiger partial charge in [-0.2, -0.15) is 0 Å². The van der Waals surface area contributed by atoms with Gasteiger partial charge in [-0.15, -0.1) is 11.3 Å². The number of para-hydroxylation sites is 1. The lowest BCUT2D eigenvalue weighted by molar-refractivity contribution is -0.126. The highest BCUT2D eigenvalue weighted by molar-refractivity contribution is 7.21. The van der Waals surface area contributed by atoms with E-state index in [1.807, 2.05) is 24.3 Å². The largest absolute Gasteiger partial charge is 0.451 e. The number of fused-ring (bicyclic) bond motifs is 1. The van der Waals surface area contributed by atoms with E-state index in [9.17, 15) is 23.2 Å². The van der Waals surface area contributed by atoms with Crippen molar-refractivity contribution in [3.05, 3.63) is 72.2 Å². The minimum absolute atomic E-state index is 0.0228. The predicted octanol–water partition coefficient (Wildman–Crippen LogP) is 2.94. The molecule has 9 nitrogen and oxygen atoms in total. The van der Waals surface area contributed by atoms with Gasteiger partial charge in [0.1, 0.15) is 10.7 Å².